The molecule has 0 spiro atoms. The fourth-order valence-corrected chi connectivity index (χ4v) is 6.99. The van der Waals surface area contributed by atoms with Crippen LogP contribution in [-0.4, -0.2) is 57.5 Å². The monoisotopic (exact) mass is 481 g/mol. The number of likely N-dealkylation sites (N-methyl/N-ethyl adjacent to an activating group) is 1. The lowest BCUT2D eigenvalue weighted by atomic mass is 10.2. The largest absolute Gasteiger partial charge is 0.492 e. The van der Waals surface area contributed by atoms with E-state index in [9.17, 15) is 21.6 Å². The van der Waals surface area contributed by atoms with Gasteiger partial charge in [0.1, 0.15) is 10.6 Å². The lowest BCUT2D eigenvalue weighted by Crippen LogP contribution is -2.34. The summed E-state index contributed by atoms with van der Waals surface area (Å²) in [7, 11) is -7.90. The van der Waals surface area contributed by atoms with Crippen LogP contribution in [0.3, 0.4) is 0 Å². The van der Waals surface area contributed by atoms with Crippen LogP contribution in [0.4, 0.5) is 5.69 Å². The lowest BCUT2D eigenvalue weighted by molar-refractivity contribution is -0.119. The molecule has 9 nitrogen and oxygen atoms in total. The second kappa shape index (κ2) is 9.55. The zero-order chi connectivity index (χ0) is 23.5. The quantitative estimate of drug-likeness (QED) is 0.538. The molecule has 0 aliphatic carbocycles. The third-order valence-electron chi connectivity index (χ3n) is 5.19. The van der Waals surface area contributed by atoms with Crippen LogP contribution in [0.15, 0.2) is 47.6 Å². The zero-order valence-electron chi connectivity index (χ0n) is 18.3. The number of hydrogen-bond acceptors (Lipinski definition) is 7. The molecule has 2 heterocycles. The van der Waals surface area contributed by atoms with Gasteiger partial charge in [-0.3, -0.25) is 9.78 Å². The molecule has 1 fully saturated rings. The molecule has 1 aromatic heterocycles. The van der Waals surface area contributed by atoms with Gasteiger partial charge < -0.3 is 4.74 Å². The van der Waals surface area contributed by atoms with Gasteiger partial charge in [0.05, 0.1) is 24.0 Å². The van der Waals surface area contributed by atoms with Crippen molar-refractivity contribution in [3.63, 3.8) is 0 Å². The van der Waals surface area contributed by atoms with E-state index in [4.69, 9.17) is 4.74 Å². The number of anilines is 1. The lowest BCUT2D eigenvalue weighted by Gasteiger charge is -2.23. The first-order valence-electron chi connectivity index (χ1n) is 10.3. The zero-order valence-corrected chi connectivity index (χ0v) is 19.9. The Kier molecular flexibility index (Phi) is 7.21. The van der Waals surface area contributed by atoms with E-state index in [0.29, 0.717) is 10.7 Å². The summed E-state index contributed by atoms with van der Waals surface area (Å²) in [5.74, 6) is -1.48. The molecule has 0 unspecified atom stereocenters. The predicted octanol–water partition coefficient (Wildman–Crippen LogP) is 2.05. The Bertz CT molecular complexity index is 1180. The summed E-state index contributed by atoms with van der Waals surface area (Å²) in [6.07, 6.45) is 3.77. The first kappa shape index (κ1) is 24.1. The standard InChI is InChI=1S/C21H27N3O6S2/c1-4-23(13-10-17-8-11-22-12-9-17)32(28,29)20-14-18(6-7-19(20)30-5-2)24-21(25)16(3)15-31(24,26)27/h6-9,11-12,14,16H,4-5,10,13,15H2,1-3H3/t16-/m1/s1. The first-order valence-corrected chi connectivity index (χ1v) is 13.4. The molecule has 1 saturated heterocycles. The number of aromatic nitrogens is 1. The second-order valence-corrected chi connectivity index (χ2v) is 11.2. The molecule has 3 rings (SSSR count). The maximum absolute atomic E-state index is 13.5. The van der Waals surface area contributed by atoms with Crippen LogP contribution in [0, 0.1) is 5.92 Å². The van der Waals surface area contributed by atoms with Crippen LogP contribution in [0.25, 0.3) is 0 Å². The van der Waals surface area contributed by atoms with Gasteiger partial charge in [-0.15, -0.1) is 0 Å². The molecule has 0 N–H and O–H groups in total. The number of benzene rings is 1. The number of nitrogens with zero attached hydrogens (tertiary/aromatic N) is 3. The number of rotatable bonds is 9. The van der Waals surface area contributed by atoms with Gasteiger partial charge in [-0.2, -0.15) is 4.31 Å². The maximum Gasteiger partial charge on any atom is 0.246 e. The number of pyridine rings is 1. The summed E-state index contributed by atoms with van der Waals surface area (Å²) < 4.78 is 59.6. The Balaban J connectivity index is 2.01. The normalized spacial score (nSPS) is 18.3. The minimum atomic E-state index is -4.03. The molecule has 0 saturated carbocycles. The van der Waals surface area contributed by atoms with Gasteiger partial charge in [-0.05, 0) is 49.2 Å². The molecule has 1 aromatic carbocycles. The second-order valence-electron chi connectivity index (χ2n) is 7.45. The molecule has 0 radical (unpaired) electrons. The van der Waals surface area contributed by atoms with Crippen LogP contribution in [0.5, 0.6) is 5.75 Å². The highest BCUT2D eigenvalue weighted by Gasteiger charge is 2.42. The topological polar surface area (TPSA) is 114 Å². The van der Waals surface area contributed by atoms with Gasteiger partial charge in [-0.1, -0.05) is 13.8 Å². The Labute approximate surface area is 189 Å². The smallest absolute Gasteiger partial charge is 0.246 e. The Hall–Kier alpha value is -2.50. The Morgan fingerprint density at radius 2 is 1.88 bits per heavy atom. The molecule has 1 aliphatic heterocycles. The molecule has 0 bridgehead atoms. The van der Waals surface area contributed by atoms with Crippen LogP contribution in [0.1, 0.15) is 26.3 Å². The van der Waals surface area contributed by atoms with Crippen LogP contribution < -0.4 is 9.04 Å². The minimum Gasteiger partial charge on any atom is -0.492 e. The van der Waals surface area contributed by atoms with Crippen molar-refractivity contribution in [1.82, 2.24) is 9.29 Å². The van der Waals surface area contributed by atoms with Crippen molar-refractivity contribution in [3.05, 3.63) is 48.3 Å². The highest BCUT2D eigenvalue weighted by atomic mass is 32.2. The van der Waals surface area contributed by atoms with Gasteiger partial charge in [-0.25, -0.2) is 21.1 Å². The number of carbonyl (C=O) groups is 1. The number of amides is 1. The van der Waals surface area contributed by atoms with E-state index in [1.165, 1.54) is 29.4 Å². The van der Waals surface area contributed by atoms with Crippen LogP contribution >= 0.6 is 0 Å². The van der Waals surface area contributed by atoms with Gasteiger partial charge in [0.15, 0.2) is 0 Å². The fraction of sp³-hybridized carbons (Fsp3) is 0.429. The van der Waals surface area contributed by atoms with Crippen molar-refractivity contribution in [2.45, 2.75) is 32.1 Å². The molecular weight excluding hydrogens is 454 g/mol. The van der Waals surface area contributed by atoms with E-state index < -0.39 is 31.9 Å². The fourth-order valence-electron chi connectivity index (χ4n) is 3.58. The number of sulfonamides is 2. The van der Waals surface area contributed by atoms with E-state index in [-0.39, 0.29) is 41.8 Å². The van der Waals surface area contributed by atoms with Gasteiger partial charge in [0.25, 0.3) is 0 Å². The van der Waals surface area contributed by atoms with E-state index in [1.54, 1.807) is 26.2 Å². The van der Waals surface area contributed by atoms with Crippen LogP contribution in [-0.2, 0) is 31.3 Å². The van der Waals surface area contributed by atoms with E-state index >= 15 is 0 Å². The summed E-state index contributed by atoms with van der Waals surface area (Å²) in [5.41, 5.74) is 0.932. The number of carbonyl (C=O) groups excluding carboxylic acids is 1. The van der Waals surface area contributed by atoms with Crippen molar-refractivity contribution >= 4 is 31.6 Å². The van der Waals surface area contributed by atoms with Crippen molar-refractivity contribution < 1.29 is 26.4 Å². The molecular formula is C21H27N3O6S2. The van der Waals surface area contributed by atoms with Gasteiger partial charge in [0.2, 0.25) is 26.0 Å². The van der Waals surface area contributed by atoms with Gasteiger partial charge >= 0.3 is 0 Å². The molecule has 11 heteroatoms. The molecule has 2 aromatic rings. The SMILES string of the molecule is CCOc1ccc(N2C(=O)[C@H](C)CS2(=O)=O)cc1S(=O)(=O)N(CC)CCc1ccncc1. The first-order chi connectivity index (χ1) is 15.1. The van der Waals surface area contributed by atoms with E-state index in [0.717, 1.165) is 5.56 Å². The summed E-state index contributed by atoms with van der Waals surface area (Å²) >= 11 is 0. The predicted molar refractivity (Wildman–Crippen MR) is 120 cm³/mol. The van der Waals surface area contributed by atoms with Crippen molar-refractivity contribution in [1.29, 1.82) is 0 Å². The molecule has 174 valence electrons. The maximum atomic E-state index is 13.5. The number of ether oxygens (including phenoxy) is 1. The van der Waals surface area contributed by atoms with E-state index in [1.807, 2.05) is 12.1 Å². The average molecular weight is 482 g/mol. The third-order valence-corrected chi connectivity index (χ3v) is 9.06. The minimum absolute atomic E-state index is 0.00781. The summed E-state index contributed by atoms with van der Waals surface area (Å²) in [6.45, 7) is 5.64. The summed E-state index contributed by atoms with van der Waals surface area (Å²) in [4.78, 5) is 16.3. The van der Waals surface area contributed by atoms with Crippen molar-refractivity contribution in [2.24, 2.45) is 5.92 Å². The van der Waals surface area contributed by atoms with Crippen LogP contribution in [0.2, 0.25) is 0 Å². The molecule has 1 amide bonds. The summed E-state index contributed by atoms with van der Waals surface area (Å²) in [5, 5.41) is 0. The average Bonchev–Trinajstić information content (AvgIpc) is 2.96. The summed E-state index contributed by atoms with van der Waals surface area (Å²) in [6, 6.07) is 7.64. The number of hydrogen-bond donors (Lipinski definition) is 0. The molecule has 1 aliphatic rings. The molecule has 1 atom stereocenters. The van der Waals surface area contributed by atoms with E-state index in [2.05, 4.69) is 4.98 Å². The highest BCUT2D eigenvalue weighted by Crippen LogP contribution is 2.35. The molecule has 32 heavy (non-hydrogen) atoms. The highest BCUT2D eigenvalue weighted by molar-refractivity contribution is 7.94. The Morgan fingerprint density at radius 1 is 1.19 bits per heavy atom. The Morgan fingerprint density at radius 3 is 2.44 bits per heavy atom. The third kappa shape index (κ3) is 4.79. The van der Waals surface area contributed by atoms with Gasteiger partial charge in [0, 0.05) is 25.5 Å². The van der Waals surface area contributed by atoms with Crippen molar-refractivity contribution in [3.8, 4) is 5.75 Å². The van der Waals surface area contributed by atoms with Crippen molar-refractivity contribution in [2.75, 3.05) is 29.8 Å².